The Bertz CT molecular complexity index is 536. The zero-order chi connectivity index (χ0) is 15.7. The molecule has 3 rings (SSSR count). The van der Waals surface area contributed by atoms with Gasteiger partial charge in [0.15, 0.2) is 0 Å². The van der Waals surface area contributed by atoms with Crippen LogP contribution >= 0.6 is 0 Å². The molecule has 0 unspecified atom stereocenters. The van der Waals surface area contributed by atoms with Crippen molar-refractivity contribution in [2.45, 2.75) is 58.7 Å². The van der Waals surface area contributed by atoms with Gasteiger partial charge in [-0.15, -0.1) is 0 Å². The van der Waals surface area contributed by atoms with Gasteiger partial charge in [0, 0.05) is 19.1 Å². The van der Waals surface area contributed by atoms with Crippen molar-refractivity contribution in [1.29, 1.82) is 0 Å². The quantitative estimate of drug-likeness (QED) is 0.906. The molecule has 120 valence electrons. The van der Waals surface area contributed by atoms with E-state index in [1.54, 1.807) is 0 Å². The fourth-order valence-corrected chi connectivity index (χ4v) is 3.67. The minimum Gasteiger partial charge on any atom is -0.352 e. The first-order valence-corrected chi connectivity index (χ1v) is 8.67. The number of nitrogens with zero attached hydrogens (tertiary/aromatic N) is 1. The third-order valence-corrected chi connectivity index (χ3v) is 5.15. The maximum absolute atomic E-state index is 12.8. The van der Waals surface area contributed by atoms with Crippen LogP contribution in [0.5, 0.6) is 0 Å². The van der Waals surface area contributed by atoms with E-state index in [4.69, 9.17) is 0 Å². The Morgan fingerprint density at radius 3 is 2.50 bits per heavy atom. The van der Waals surface area contributed by atoms with E-state index in [1.807, 2.05) is 0 Å². The van der Waals surface area contributed by atoms with Crippen LogP contribution in [0.2, 0.25) is 0 Å². The number of rotatable bonds is 5. The zero-order valence-corrected chi connectivity index (χ0v) is 14.0. The van der Waals surface area contributed by atoms with E-state index < -0.39 is 0 Å². The normalized spacial score (nSPS) is 21.3. The van der Waals surface area contributed by atoms with Crippen LogP contribution in [-0.4, -0.2) is 29.4 Å². The van der Waals surface area contributed by atoms with Crippen LogP contribution in [0.15, 0.2) is 24.3 Å². The SMILES string of the molecule is CC(C)[C@H](C(=O)N[C@@H](C)C1CC1)N1CCc2ccccc2C1. The summed E-state index contributed by atoms with van der Waals surface area (Å²) < 4.78 is 0. The number of carbonyl (C=O) groups is 1. The smallest absolute Gasteiger partial charge is 0.237 e. The van der Waals surface area contributed by atoms with Crippen LogP contribution < -0.4 is 5.32 Å². The summed E-state index contributed by atoms with van der Waals surface area (Å²) in [4.78, 5) is 15.1. The highest BCUT2D eigenvalue weighted by Gasteiger charge is 2.34. The molecule has 1 fully saturated rings. The van der Waals surface area contributed by atoms with E-state index in [2.05, 4.69) is 55.3 Å². The van der Waals surface area contributed by atoms with Gasteiger partial charge >= 0.3 is 0 Å². The first-order valence-electron chi connectivity index (χ1n) is 8.67. The van der Waals surface area contributed by atoms with E-state index in [-0.39, 0.29) is 11.9 Å². The van der Waals surface area contributed by atoms with Crippen LogP contribution in [0.4, 0.5) is 0 Å². The Kier molecular flexibility index (Phi) is 4.53. The van der Waals surface area contributed by atoms with E-state index in [9.17, 15) is 4.79 Å². The van der Waals surface area contributed by atoms with E-state index in [0.29, 0.717) is 17.9 Å². The Morgan fingerprint density at radius 1 is 1.18 bits per heavy atom. The highest BCUT2D eigenvalue weighted by atomic mass is 16.2. The lowest BCUT2D eigenvalue weighted by molar-refractivity contribution is -0.129. The molecule has 1 aliphatic heterocycles. The van der Waals surface area contributed by atoms with Crippen LogP contribution in [0.3, 0.4) is 0 Å². The average molecular weight is 300 g/mol. The lowest BCUT2D eigenvalue weighted by Gasteiger charge is -2.37. The van der Waals surface area contributed by atoms with Crippen LogP contribution in [0, 0.1) is 11.8 Å². The maximum Gasteiger partial charge on any atom is 0.237 e. The summed E-state index contributed by atoms with van der Waals surface area (Å²) in [5.41, 5.74) is 2.82. The van der Waals surface area contributed by atoms with Crippen molar-refractivity contribution in [2.75, 3.05) is 6.54 Å². The molecule has 1 heterocycles. The van der Waals surface area contributed by atoms with Gasteiger partial charge < -0.3 is 5.32 Å². The van der Waals surface area contributed by atoms with Gasteiger partial charge in [0.05, 0.1) is 6.04 Å². The number of benzene rings is 1. The average Bonchev–Trinajstić information content (AvgIpc) is 3.31. The summed E-state index contributed by atoms with van der Waals surface area (Å²) in [5, 5.41) is 3.26. The topological polar surface area (TPSA) is 32.3 Å². The second-order valence-corrected chi connectivity index (χ2v) is 7.31. The van der Waals surface area contributed by atoms with Crippen molar-refractivity contribution in [1.82, 2.24) is 10.2 Å². The molecule has 1 amide bonds. The molecule has 1 aliphatic carbocycles. The summed E-state index contributed by atoms with van der Waals surface area (Å²) in [5.74, 6) is 1.25. The Labute approximate surface area is 134 Å². The van der Waals surface area contributed by atoms with Gasteiger partial charge in [0.2, 0.25) is 5.91 Å². The van der Waals surface area contributed by atoms with E-state index >= 15 is 0 Å². The van der Waals surface area contributed by atoms with Crippen LogP contribution in [-0.2, 0) is 17.8 Å². The third-order valence-electron chi connectivity index (χ3n) is 5.15. The molecule has 0 bridgehead atoms. The van der Waals surface area contributed by atoms with Gasteiger partial charge in [-0.25, -0.2) is 0 Å². The second kappa shape index (κ2) is 6.41. The molecule has 1 N–H and O–H groups in total. The summed E-state index contributed by atoms with van der Waals surface area (Å²) in [6, 6.07) is 8.93. The van der Waals surface area contributed by atoms with Crippen LogP contribution in [0.1, 0.15) is 44.7 Å². The molecule has 2 atom stereocenters. The molecule has 0 radical (unpaired) electrons. The van der Waals surface area contributed by atoms with Gasteiger partial charge in [0.25, 0.3) is 0 Å². The Balaban J connectivity index is 1.70. The van der Waals surface area contributed by atoms with Crippen molar-refractivity contribution in [3.63, 3.8) is 0 Å². The molecular weight excluding hydrogens is 272 g/mol. The fourth-order valence-electron chi connectivity index (χ4n) is 3.67. The molecule has 1 saturated carbocycles. The van der Waals surface area contributed by atoms with Gasteiger partial charge in [-0.3, -0.25) is 9.69 Å². The van der Waals surface area contributed by atoms with Crippen molar-refractivity contribution in [3.05, 3.63) is 35.4 Å². The predicted molar refractivity (Wildman–Crippen MR) is 89.5 cm³/mol. The first kappa shape index (κ1) is 15.5. The number of carbonyl (C=O) groups excluding carboxylic acids is 1. The molecule has 3 nitrogen and oxygen atoms in total. The molecule has 0 aromatic heterocycles. The number of amides is 1. The molecule has 1 aromatic rings. The summed E-state index contributed by atoms with van der Waals surface area (Å²) >= 11 is 0. The molecule has 3 heteroatoms. The van der Waals surface area contributed by atoms with Crippen LogP contribution in [0.25, 0.3) is 0 Å². The lowest BCUT2D eigenvalue weighted by Crippen LogP contribution is -2.53. The van der Waals surface area contributed by atoms with Gasteiger partial charge in [-0.05, 0) is 49.1 Å². The summed E-state index contributed by atoms with van der Waals surface area (Å²) in [6.07, 6.45) is 3.58. The summed E-state index contributed by atoms with van der Waals surface area (Å²) in [6.45, 7) is 8.34. The Hall–Kier alpha value is -1.35. The molecule has 1 aromatic carbocycles. The molecule has 22 heavy (non-hydrogen) atoms. The van der Waals surface area contributed by atoms with Crippen molar-refractivity contribution in [2.24, 2.45) is 11.8 Å². The van der Waals surface area contributed by atoms with E-state index in [1.165, 1.54) is 24.0 Å². The number of hydrogen-bond donors (Lipinski definition) is 1. The first-order chi connectivity index (χ1) is 10.6. The fraction of sp³-hybridized carbons (Fsp3) is 0.632. The largest absolute Gasteiger partial charge is 0.352 e. The number of nitrogens with one attached hydrogen (secondary N) is 1. The van der Waals surface area contributed by atoms with E-state index in [0.717, 1.165) is 19.5 Å². The molecule has 0 saturated heterocycles. The molecule has 2 aliphatic rings. The molecular formula is C19H28N2O. The Morgan fingerprint density at radius 2 is 1.86 bits per heavy atom. The zero-order valence-electron chi connectivity index (χ0n) is 14.0. The lowest BCUT2D eigenvalue weighted by atomic mass is 9.94. The maximum atomic E-state index is 12.8. The summed E-state index contributed by atoms with van der Waals surface area (Å²) in [7, 11) is 0. The van der Waals surface area contributed by atoms with Gasteiger partial charge in [-0.1, -0.05) is 38.1 Å². The number of hydrogen-bond acceptors (Lipinski definition) is 2. The standard InChI is InChI=1S/C19H28N2O/c1-13(2)18(19(22)20-14(3)15-8-9-15)21-11-10-16-6-4-5-7-17(16)12-21/h4-7,13-15,18H,8-12H2,1-3H3,(H,20,22)/t14-,18+/m0/s1. The van der Waals surface area contributed by atoms with Crippen molar-refractivity contribution < 1.29 is 4.79 Å². The minimum atomic E-state index is -0.0189. The predicted octanol–water partition coefficient (Wildman–Crippen LogP) is 2.98. The monoisotopic (exact) mass is 300 g/mol. The van der Waals surface area contributed by atoms with Crippen molar-refractivity contribution in [3.8, 4) is 0 Å². The highest BCUT2D eigenvalue weighted by Crippen LogP contribution is 2.32. The third kappa shape index (κ3) is 3.35. The number of fused-ring (bicyclic) bond motifs is 1. The minimum absolute atomic E-state index is 0.0189. The van der Waals surface area contributed by atoms with Gasteiger partial charge in [0.1, 0.15) is 0 Å². The second-order valence-electron chi connectivity index (χ2n) is 7.31. The van der Waals surface area contributed by atoms with Crippen molar-refractivity contribution >= 4 is 5.91 Å². The van der Waals surface area contributed by atoms with Gasteiger partial charge in [-0.2, -0.15) is 0 Å². The molecule has 0 spiro atoms. The highest BCUT2D eigenvalue weighted by molar-refractivity contribution is 5.82.